The third-order valence-electron chi connectivity index (χ3n) is 8.60. The van der Waals surface area contributed by atoms with Crippen LogP contribution in [0.2, 0.25) is 0 Å². The van der Waals surface area contributed by atoms with Crippen LogP contribution in [0.25, 0.3) is 32.6 Å². The van der Waals surface area contributed by atoms with Crippen molar-refractivity contribution in [2.45, 2.75) is 110 Å². The molecular formula is C35H46N2S+2. The molecular weight excluding hydrogens is 480 g/mol. The van der Waals surface area contributed by atoms with Crippen LogP contribution in [0.15, 0.2) is 60.2 Å². The number of thiophene rings is 1. The molecule has 3 aromatic heterocycles. The van der Waals surface area contributed by atoms with Crippen molar-refractivity contribution in [2.24, 2.45) is 0 Å². The van der Waals surface area contributed by atoms with Crippen molar-refractivity contribution in [2.75, 3.05) is 0 Å². The maximum Gasteiger partial charge on any atom is 0.223 e. The molecule has 0 aliphatic heterocycles. The van der Waals surface area contributed by atoms with Crippen molar-refractivity contribution < 1.29 is 9.13 Å². The fourth-order valence-electron chi connectivity index (χ4n) is 6.36. The molecule has 0 saturated carbocycles. The number of pyridine rings is 2. The van der Waals surface area contributed by atoms with Gasteiger partial charge in [-0.2, -0.15) is 9.13 Å². The summed E-state index contributed by atoms with van der Waals surface area (Å²) in [5, 5.41) is 3.62. The highest BCUT2D eigenvalue weighted by Crippen LogP contribution is 2.50. The molecule has 0 fully saturated rings. The van der Waals surface area contributed by atoms with E-state index < -0.39 is 0 Å². The first-order chi connectivity index (χ1) is 18.6. The number of nitrogens with zero attached hydrogens (tertiary/aromatic N) is 2. The van der Waals surface area contributed by atoms with Gasteiger partial charge in [-0.3, -0.25) is 0 Å². The first kappa shape index (κ1) is 27.1. The molecule has 0 saturated heterocycles. The van der Waals surface area contributed by atoms with Crippen LogP contribution in [0, 0.1) is 0 Å². The van der Waals surface area contributed by atoms with Crippen LogP contribution < -0.4 is 9.13 Å². The smallest absolute Gasteiger partial charge is 0.198 e. The Bertz CT molecular complexity index is 1370. The SMILES string of the molecule is CCCCCCC[n+]1cc2c(cc1-c1cccs1)-c1c(c[n+](CCCCCCC)c3ccccc13)C2(C)C. The van der Waals surface area contributed by atoms with Crippen LogP contribution in [0.5, 0.6) is 0 Å². The molecule has 0 amide bonds. The number of hydrogen-bond acceptors (Lipinski definition) is 1. The molecule has 1 aliphatic rings. The van der Waals surface area contributed by atoms with E-state index in [1.807, 2.05) is 11.3 Å². The molecule has 4 aromatic rings. The molecule has 0 N–H and O–H groups in total. The standard InChI is InChI=1S/C35H46N2S/c1-5-7-9-11-15-21-36-26-30-34(27-18-13-14-19-31(27)36)28-24-32(33-20-17-23-38-33)37(22-16-12-10-8-6-2)25-29(28)35(30,3)4/h13-14,17-20,23-26H,5-12,15-16,21-22H2,1-4H3/q+2. The zero-order chi connectivity index (χ0) is 26.5. The number of fused-ring (bicyclic) bond motifs is 5. The number of rotatable bonds is 13. The molecule has 38 heavy (non-hydrogen) atoms. The Labute approximate surface area is 234 Å². The van der Waals surface area contributed by atoms with E-state index in [4.69, 9.17) is 0 Å². The molecule has 5 rings (SSSR count). The normalized spacial score (nSPS) is 13.7. The highest BCUT2D eigenvalue weighted by molar-refractivity contribution is 7.13. The summed E-state index contributed by atoms with van der Waals surface area (Å²) in [4.78, 5) is 1.37. The predicted octanol–water partition coefficient (Wildman–Crippen LogP) is 9.39. The largest absolute Gasteiger partial charge is 0.223 e. The molecule has 1 aliphatic carbocycles. The van der Waals surface area contributed by atoms with Gasteiger partial charge < -0.3 is 0 Å². The van der Waals surface area contributed by atoms with Gasteiger partial charge in [0, 0.05) is 47.1 Å². The van der Waals surface area contributed by atoms with Gasteiger partial charge in [0.1, 0.15) is 13.1 Å². The molecule has 0 bridgehead atoms. The third-order valence-corrected chi connectivity index (χ3v) is 9.49. The van der Waals surface area contributed by atoms with E-state index in [0.717, 1.165) is 13.1 Å². The molecule has 1 aromatic carbocycles. The Morgan fingerprint density at radius 3 is 2.05 bits per heavy atom. The molecule has 0 radical (unpaired) electrons. The minimum atomic E-state index is -0.0173. The van der Waals surface area contributed by atoms with Gasteiger partial charge in [0.25, 0.3) is 0 Å². The van der Waals surface area contributed by atoms with Gasteiger partial charge in [-0.1, -0.05) is 84.4 Å². The summed E-state index contributed by atoms with van der Waals surface area (Å²) >= 11 is 1.86. The lowest BCUT2D eigenvalue weighted by Crippen LogP contribution is -2.38. The van der Waals surface area contributed by atoms with Crippen molar-refractivity contribution in [3.05, 3.63) is 71.4 Å². The summed E-state index contributed by atoms with van der Waals surface area (Å²) in [5.41, 5.74) is 8.57. The summed E-state index contributed by atoms with van der Waals surface area (Å²) in [5.74, 6) is 0. The van der Waals surface area contributed by atoms with Gasteiger partial charge in [0.2, 0.25) is 11.2 Å². The van der Waals surface area contributed by atoms with E-state index >= 15 is 0 Å². The summed E-state index contributed by atoms with van der Waals surface area (Å²) in [6.07, 6.45) is 18.1. The van der Waals surface area contributed by atoms with Crippen molar-refractivity contribution >= 4 is 22.2 Å². The minimum absolute atomic E-state index is 0.0173. The second-order valence-corrected chi connectivity index (χ2v) is 12.7. The van der Waals surface area contributed by atoms with E-state index in [-0.39, 0.29) is 5.41 Å². The zero-order valence-electron chi connectivity index (χ0n) is 24.1. The van der Waals surface area contributed by atoms with Crippen molar-refractivity contribution in [3.8, 4) is 21.7 Å². The van der Waals surface area contributed by atoms with Gasteiger partial charge in [-0.15, -0.1) is 11.3 Å². The summed E-state index contributed by atoms with van der Waals surface area (Å²) in [6.45, 7) is 11.7. The summed E-state index contributed by atoms with van der Waals surface area (Å²) < 4.78 is 5.12. The number of hydrogen-bond donors (Lipinski definition) is 0. The summed E-state index contributed by atoms with van der Waals surface area (Å²) in [7, 11) is 0. The lowest BCUT2D eigenvalue weighted by Gasteiger charge is -2.19. The van der Waals surface area contributed by atoms with Gasteiger partial charge >= 0.3 is 0 Å². The highest BCUT2D eigenvalue weighted by Gasteiger charge is 2.42. The summed E-state index contributed by atoms with van der Waals surface area (Å²) in [6, 6.07) is 16.1. The first-order valence-electron chi connectivity index (χ1n) is 15.1. The predicted molar refractivity (Wildman–Crippen MR) is 163 cm³/mol. The topological polar surface area (TPSA) is 7.76 Å². The Morgan fingerprint density at radius 2 is 1.37 bits per heavy atom. The second-order valence-electron chi connectivity index (χ2n) is 11.7. The number of aryl methyl sites for hydroxylation is 2. The highest BCUT2D eigenvalue weighted by atomic mass is 32.1. The average molecular weight is 527 g/mol. The van der Waals surface area contributed by atoms with E-state index in [9.17, 15) is 0 Å². The molecule has 2 nitrogen and oxygen atoms in total. The number of benzene rings is 1. The fourth-order valence-corrected chi connectivity index (χ4v) is 7.11. The van der Waals surface area contributed by atoms with Crippen molar-refractivity contribution in [1.29, 1.82) is 0 Å². The maximum absolute atomic E-state index is 2.56. The van der Waals surface area contributed by atoms with Crippen molar-refractivity contribution in [1.82, 2.24) is 0 Å². The van der Waals surface area contributed by atoms with Crippen LogP contribution in [0.1, 0.15) is 103 Å². The average Bonchev–Trinajstić information content (AvgIpc) is 3.53. The molecule has 200 valence electrons. The third kappa shape index (κ3) is 5.32. The van der Waals surface area contributed by atoms with E-state index in [1.54, 1.807) is 0 Å². The van der Waals surface area contributed by atoms with E-state index in [2.05, 4.69) is 97.1 Å². The molecule has 3 heterocycles. The van der Waals surface area contributed by atoms with Crippen LogP contribution in [0.3, 0.4) is 0 Å². The minimum Gasteiger partial charge on any atom is -0.198 e. The number of para-hydroxylation sites is 1. The molecule has 0 atom stereocenters. The fraction of sp³-hybridized carbons (Fsp3) is 0.486. The Hall–Kier alpha value is -2.52. The maximum atomic E-state index is 2.56. The zero-order valence-corrected chi connectivity index (χ0v) is 24.9. The van der Waals surface area contributed by atoms with Crippen LogP contribution in [-0.2, 0) is 18.5 Å². The first-order valence-corrected chi connectivity index (χ1v) is 16.0. The Balaban J connectivity index is 1.58. The number of aromatic nitrogens is 2. The number of unbranched alkanes of at least 4 members (excludes halogenated alkanes) is 8. The second kappa shape index (κ2) is 12.1. The van der Waals surface area contributed by atoms with Crippen molar-refractivity contribution in [3.63, 3.8) is 0 Å². The molecule has 3 heteroatoms. The van der Waals surface area contributed by atoms with Gasteiger partial charge in [0.15, 0.2) is 12.4 Å². The lowest BCUT2D eigenvalue weighted by molar-refractivity contribution is -0.687. The van der Waals surface area contributed by atoms with Gasteiger partial charge in [-0.05, 0) is 35.9 Å². The monoisotopic (exact) mass is 526 g/mol. The lowest BCUT2D eigenvalue weighted by atomic mass is 9.83. The van der Waals surface area contributed by atoms with Crippen LogP contribution in [-0.4, -0.2) is 0 Å². The van der Waals surface area contributed by atoms with E-state index in [0.29, 0.717) is 0 Å². The quantitative estimate of drug-likeness (QED) is 0.121. The van der Waals surface area contributed by atoms with E-state index in [1.165, 1.54) is 108 Å². The van der Waals surface area contributed by atoms with Crippen LogP contribution >= 0.6 is 11.3 Å². The molecule has 0 unspecified atom stereocenters. The Morgan fingerprint density at radius 1 is 0.711 bits per heavy atom. The Kier molecular flexibility index (Phi) is 8.63. The van der Waals surface area contributed by atoms with Gasteiger partial charge in [0.05, 0.1) is 10.3 Å². The molecule has 0 spiro atoms. The van der Waals surface area contributed by atoms with Gasteiger partial charge in [-0.25, -0.2) is 0 Å². The van der Waals surface area contributed by atoms with Crippen LogP contribution in [0.4, 0.5) is 0 Å².